The summed E-state index contributed by atoms with van der Waals surface area (Å²) in [5.74, 6) is 0.498. The van der Waals surface area contributed by atoms with Crippen molar-refractivity contribution < 1.29 is 27.5 Å². The number of amides is 2. The molecule has 1 heterocycles. The van der Waals surface area contributed by atoms with Gasteiger partial charge in [-0.2, -0.15) is 0 Å². The largest absolute Gasteiger partial charge is 0.486 e. The lowest BCUT2D eigenvalue weighted by Gasteiger charge is -2.31. The minimum atomic E-state index is -3.65. The lowest BCUT2D eigenvalue weighted by molar-refractivity contribution is -0.141. The number of ether oxygens (including phenoxy) is 2. The lowest BCUT2D eigenvalue weighted by Crippen LogP contribution is -2.49. The number of anilines is 1. The standard InChI is InChI=1S/C27H35Cl2N3O6S/c1-4-12-30-27(34)23(5-2)31(18-19-8-9-20(28)16-22(19)29)26(33)7-6-13-32(39(3,35)36)21-10-11-24-25(17-21)38-15-14-37-24/h8-11,16-17,23H,4-7,12-15,18H2,1-3H3,(H,30,34)/t23-/m0/s1. The first kappa shape index (κ1) is 30.8. The zero-order valence-electron chi connectivity index (χ0n) is 22.4. The molecule has 9 nitrogen and oxygen atoms in total. The van der Waals surface area contributed by atoms with Crippen molar-refractivity contribution in [2.24, 2.45) is 0 Å². The first-order valence-electron chi connectivity index (χ1n) is 12.9. The molecule has 2 aromatic carbocycles. The third-order valence-electron chi connectivity index (χ3n) is 6.26. The van der Waals surface area contributed by atoms with Gasteiger partial charge in [0.2, 0.25) is 21.8 Å². The van der Waals surface area contributed by atoms with E-state index in [-0.39, 0.29) is 37.7 Å². The fourth-order valence-electron chi connectivity index (χ4n) is 4.31. The van der Waals surface area contributed by atoms with Crippen LogP contribution in [0.5, 0.6) is 11.5 Å². The Morgan fingerprint density at radius 3 is 2.41 bits per heavy atom. The molecule has 12 heteroatoms. The number of halogens is 2. The van der Waals surface area contributed by atoms with E-state index in [1.165, 1.54) is 9.21 Å². The van der Waals surface area contributed by atoms with Crippen molar-refractivity contribution in [2.45, 2.75) is 52.1 Å². The van der Waals surface area contributed by atoms with Gasteiger partial charge in [-0.25, -0.2) is 8.42 Å². The van der Waals surface area contributed by atoms with Crippen LogP contribution in [-0.2, 0) is 26.2 Å². The second-order valence-electron chi connectivity index (χ2n) is 9.24. The zero-order valence-corrected chi connectivity index (χ0v) is 24.7. The summed E-state index contributed by atoms with van der Waals surface area (Å²) in [4.78, 5) is 28.0. The molecule has 0 bridgehead atoms. The molecule has 0 radical (unpaired) electrons. The molecule has 0 saturated carbocycles. The molecule has 0 unspecified atom stereocenters. The van der Waals surface area contributed by atoms with Crippen molar-refractivity contribution in [3.8, 4) is 11.5 Å². The number of sulfonamides is 1. The van der Waals surface area contributed by atoms with E-state index in [1.807, 2.05) is 13.8 Å². The average Bonchev–Trinajstić information content (AvgIpc) is 2.89. The molecule has 1 atom stereocenters. The van der Waals surface area contributed by atoms with Crippen LogP contribution in [0, 0.1) is 0 Å². The number of carbonyl (C=O) groups excluding carboxylic acids is 2. The molecule has 3 rings (SSSR count). The monoisotopic (exact) mass is 599 g/mol. The van der Waals surface area contributed by atoms with Crippen LogP contribution in [0.4, 0.5) is 5.69 Å². The van der Waals surface area contributed by atoms with Crippen molar-refractivity contribution in [2.75, 3.05) is 36.9 Å². The Balaban J connectivity index is 1.78. The summed E-state index contributed by atoms with van der Waals surface area (Å²) in [5, 5.41) is 3.73. The summed E-state index contributed by atoms with van der Waals surface area (Å²) in [6.45, 7) is 5.28. The highest BCUT2D eigenvalue weighted by molar-refractivity contribution is 7.92. The molecule has 0 fully saturated rings. The van der Waals surface area contributed by atoms with Gasteiger partial charge >= 0.3 is 0 Å². The molecule has 0 saturated heterocycles. The number of hydrogen-bond donors (Lipinski definition) is 1. The van der Waals surface area contributed by atoms with Crippen LogP contribution in [-0.4, -0.2) is 63.7 Å². The Kier molecular flexibility index (Phi) is 11.1. The highest BCUT2D eigenvalue weighted by Gasteiger charge is 2.29. The highest BCUT2D eigenvalue weighted by Crippen LogP contribution is 2.35. The van der Waals surface area contributed by atoms with Gasteiger partial charge in [0.1, 0.15) is 19.3 Å². The van der Waals surface area contributed by atoms with Crippen LogP contribution >= 0.6 is 23.2 Å². The fourth-order valence-corrected chi connectivity index (χ4v) is 5.74. The Bertz CT molecular complexity index is 1270. The highest BCUT2D eigenvalue weighted by atomic mass is 35.5. The van der Waals surface area contributed by atoms with Gasteiger partial charge in [0.15, 0.2) is 11.5 Å². The van der Waals surface area contributed by atoms with E-state index in [4.69, 9.17) is 32.7 Å². The minimum absolute atomic E-state index is 0.0271. The van der Waals surface area contributed by atoms with Gasteiger partial charge < -0.3 is 19.7 Å². The Hall–Kier alpha value is -2.69. The van der Waals surface area contributed by atoms with Crippen LogP contribution in [0.1, 0.15) is 45.1 Å². The van der Waals surface area contributed by atoms with E-state index in [0.29, 0.717) is 59.0 Å². The number of carbonyl (C=O) groups is 2. The summed E-state index contributed by atoms with van der Waals surface area (Å²) in [7, 11) is -3.65. The predicted octanol–water partition coefficient (Wildman–Crippen LogP) is 4.64. The maximum atomic E-state index is 13.5. The van der Waals surface area contributed by atoms with E-state index in [0.717, 1.165) is 12.7 Å². The SMILES string of the molecule is CCCNC(=O)[C@H](CC)N(Cc1ccc(Cl)cc1Cl)C(=O)CCCN(c1ccc2c(c1)OCCO2)S(C)(=O)=O. The molecule has 0 aromatic heterocycles. The van der Waals surface area contributed by atoms with Crippen molar-refractivity contribution in [1.29, 1.82) is 0 Å². The maximum absolute atomic E-state index is 13.5. The molecule has 39 heavy (non-hydrogen) atoms. The Morgan fingerprint density at radius 1 is 1.05 bits per heavy atom. The van der Waals surface area contributed by atoms with Crippen molar-refractivity contribution in [3.05, 3.63) is 52.0 Å². The molecule has 1 aliphatic heterocycles. The second-order valence-corrected chi connectivity index (χ2v) is 12.0. The normalized spacial score (nSPS) is 13.5. The quantitative estimate of drug-likeness (QED) is 0.359. The average molecular weight is 601 g/mol. The van der Waals surface area contributed by atoms with Crippen molar-refractivity contribution in [1.82, 2.24) is 10.2 Å². The molecule has 214 valence electrons. The summed E-state index contributed by atoms with van der Waals surface area (Å²) >= 11 is 12.4. The third-order valence-corrected chi connectivity index (χ3v) is 8.04. The van der Waals surface area contributed by atoms with E-state index >= 15 is 0 Å². The number of hydrogen-bond acceptors (Lipinski definition) is 6. The van der Waals surface area contributed by atoms with Gasteiger partial charge in [-0.1, -0.05) is 43.1 Å². The van der Waals surface area contributed by atoms with Crippen LogP contribution in [0.15, 0.2) is 36.4 Å². The van der Waals surface area contributed by atoms with Crippen molar-refractivity contribution >= 4 is 50.7 Å². The Morgan fingerprint density at radius 2 is 1.77 bits per heavy atom. The number of rotatable bonds is 13. The fraction of sp³-hybridized carbons (Fsp3) is 0.481. The minimum Gasteiger partial charge on any atom is -0.486 e. The van der Waals surface area contributed by atoms with Gasteiger partial charge in [-0.05, 0) is 49.1 Å². The Labute approximate surface area is 240 Å². The summed E-state index contributed by atoms with van der Waals surface area (Å²) < 4.78 is 37.7. The van der Waals surface area contributed by atoms with E-state index < -0.39 is 16.1 Å². The molecule has 2 aromatic rings. The van der Waals surface area contributed by atoms with Gasteiger partial charge in [-0.3, -0.25) is 13.9 Å². The van der Waals surface area contributed by atoms with Crippen LogP contribution < -0.4 is 19.1 Å². The van der Waals surface area contributed by atoms with Crippen LogP contribution in [0.2, 0.25) is 10.0 Å². The number of nitrogens with zero attached hydrogens (tertiary/aromatic N) is 2. The van der Waals surface area contributed by atoms with E-state index in [9.17, 15) is 18.0 Å². The van der Waals surface area contributed by atoms with E-state index in [2.05, 4.69) is 5.32 Å². The van der Waals surface area contributed by atoms with Gasteiger partial charge in [0.05, 0.1) is 11.9 Å². The van der Waals surface area contributed by atoms with Crippen LogP contribution in [0.25, 0.3) is 0 Å². The summed E-state index contributed by atoms with van der Waals surface area (Å²) in [6, 6.07) is 9.24. The number of fused-ring (bicyclic) bond motifs is 1. The lowest BCUT2D eigenvalue weighted by atomic mass is 10.1. The van der Waals surface area contributed by atoms with Gasteiger partial charge in [0.25, 0.3) is 0 Å². The second kappa shape index (κ2) is 14.1. The molecule has 0 spiro atoms. The molecule has 0 aliphatic carbocycles. The number of nitrogens with one attached hydrogen (secondary N) is 1. The predicted molar refractivity (Wildman–Crippen MR) is 153 cm³/mol. The van der Waals surface area contributed by atoms with Gasteiger partial charge in [0, 0.05) is 42.2 Å². The molecule has 1 aliphatic rings. The summed E-state index contributed by atoms with van der Waals surface area (Å²) in [6.07, 6.45) is 2.54. The summed E-state index contributed by atoms with van der Waals surface area (Å²) in [5.41, 5.74) is 1.08. The van der Waals surface area contributed by atoms with Crippen LogP contribution in [0.3, 0.4) is 0 Å². The number of benzene rings is 2. The van der Waals surface area contributed by atoms with E-state index in [1.54, 1.807) is 36.4 Å². The molecule has 2 amide bonds. The topological polar surface area (TPSA) is 105 Å². The first-order valence-corrected chi connectivity index (χ1v) is 15.5. The molecule has 1 N–H and O–H groups in total. The van der Waals surface area contributed by atoms with Gasteiger partial charge in [-0.15, -0.1) is 0 Å². The molecular formula is C27H35Cl2N3O6S. The zero-order chi connectivity index (χ0) is 28.6. The third kappa shape index (κ3) is 8.40. The first-order chi connectivity index (χ1) is 18.5. The maximum Gasteiger partial charge on any atom is 0.242 e. The van der Waals surface area contributed by atoms with Crippen molar-refractivity contribution in [3.63, 3.8) is 0 Å². The molecular weight excluding hydrogens is 565 g/mol. The smallest absolute Gasteiger partial charge is 0.242 e.